The number of carbonyl (C=O) groups is 1. The molecule has 0 fully saturated rings. The Morgan fingerprint density at radius 1 is 1.33 bits per heavy atom. The summed E-state index contributed by atoms with van der Waals surface area (Å²) >= 11 is 1.39. The van der Waals surface area contributed by atoms with Crippen molar-refractivity contribution in [2.75, 3.05) is 5.32 Å². The van der Waals surface area contributed by atoms with Gasteiger partial charge in [-0.3, -0.25) is 10.1 Å². The Kier molecular flexibility index (Phi) is 5.57. The fourth-order valence-corrected chi connectivity index (χ4v) is 2.41. The van der Waals surface area contributed by atoms with Crippen LogP contribution in [0.15, 0.2) is 30.3 Å². The smallest absolute Gasteiger partial charge is 0.250 e. The van der Waals surface area contributed by atoms with Gasteiger partial charge in [-0.1, -0.05) is 36.8 Å². The molecule has 0 aliphatic rings. The third-order valence-corrected chi connectivity index (χ3v) is 3.64. The molecule has 0 radical (unpaired) electrons. The van der Waals surface area contributed by atoms with E-state index in [9.17, 15) is 9.18 Å². The zero-order valence-electron chi connectivity index (χ0n) is 11.7. The average Bonchev–Trinajstić information content (AvgIpc) is 2.92. The third-order valence-electron chi connectivity index (χ3n) is 2.74. The number of nitrogens with one attached hydrogen (secondary N) is 1. The minimum atomic E-state index is -0.301. The van der Waals surface area contributed by atoms with Crippen LogP contribution < -0.4 is 5.32 Å². The highest BCUT2D eigenvalue weighted by molar-refractivity contribution is 7.15. The van der Waals surface area contributed by atoms with E-state index in [1.54, 1.807) is 18.2 Å². The molecular formula is C15H16FN3OS. The zero-order chi connectivity index (χ0) is 15.1. The number of amides is 1. The van der Waals surface area contributed by atoms with Gasteiger partial charge in [0.25, 0.3) is 0 Å². The summed E-state index contributed by atoms with van der Waals surface area (Å²) in [4.78, 5) is 11.7. The van der Waals surface area contributed by atoms with Crippen molar-refractivity contribution in [3.05, 3.63) is 46.7 Å². The van der Waals surface area contributed by atoms with Gasteiger partial charge >= 0.3 is 0 Å². The van der Waals surface area contributed by atoms with Crippen LogP contribution in [0.1, 0.15) is 30.3 Å². The van der Waals surface area contributed by atoms with E-state index in [1.807, 2.05) is 0 Å². The number of aromatic nitrogens is 2. The molecule has 21 heavy (non-hydrogen) atoms. The fraction of sp³-hybridized carbons (Fsp3) is 0.267. The predicted octanol–water partition coefficient (Wildman–Crippen LogP) is 3.67. The van der Waals surface area contributed by atoms with Crippen LogP contribution in [0.25, 0.3) is 6.08 Å². The third kappa shape index (κ3) is 5.07. The first-order valence-corrected chi connectivity index (χ1v) is 7.56. The Morgan fingerprint density at radius 2 is 2.10 bits per heavy atom. The van der Waals surface area contributed by atoms with Gasteiger partial charge in [0.2, 0.25) is 11.0 Å². The van der Waals surface area contributed by atoms with E-state index in [-0.39, 0.29) is 11.7 Å². The van der Waals surface area contributed by atoms with Gasteiger partial charge in [-0.15, -0.1) is 10.2 Å². The summed E-state index contributed by atoms with van der Waals surface area (Å²) in [7, 11) is 0. The highest BCUT2D eigenvalue weighted by Crippen LogP contribution is 2.17. The monoisotopic (exact) mass is 305 g/mol. The van der Waals surface area contributed by atoms with Gasteiger partial charge < -0.3 is 0 Å². The lowest BCUT2D eigenvalue weighted by atomic mass is 10.2. The number of nitrogens with zero attached hydrogens (tertiary/aromatic N) is 2. The molecule has 0 atom stereocenters. The molecule has 2 aromatic rings. The van der Waals surface area contributed by atoms with Gasteiger partial charge in [-0.05, 0) is 30.2 Å². The second-order valence-electron chi connectivity index (χ2n) is 4.48. The highest BCUT2D eigenvalue weighted by atomic mass is 32.1. The molecule has 0 aliphatic carbocycles. The lowest BCUT2D eigenvalue weighted by Gasteiger charge is -1.95. The van der Waals surface area contributed by atoms with Crippen molar-refractivity contribution in [3.63, 3.8) is 0 Å². The van der Waals surface area contributed by atoms with Crippen LogP contribution in [-0.4, -0.2) is 16.1 Å². The van der Waals surface area contributed by atoms with Crippen LogP contribution in [0.3, 0.4) is 0 Å². The molecule has 2 rings (SSSR count). The number of rotatable bonds is 6. The molecule has 1 amide bonds. The predicted molar refractivity (Wildman–Crippen MR) is 82.6 cm³/mol. The lowest BCUT2D eigenvalue weighted by molar-refractivity contribution is -0.111. The number of anilines is 1. The molecule has 1 aromatic carbocycles. The van der Waals surface area contributed by atoms with E-state index in [0.717, 1.165) is 29.8 Å². The molecule has 1 aromatic heterocycles. The molecule has 6 heteroatoms. The molecular weight excluding hydrogens is 289 g/mol. The van der Waals surface area contributed by atoms with E-state index in [0.29, 0.717) is 5.13 Å². The number of halogens is 1. The average molecular weight is 305 g/mol. The fourth-order valence-electron chi connectivity index (χ4n) is 1.63. The maximum absolute atomic E-state index is 12.7. The van der Waals surface area contributed by atoms with E-state index < -0.39 is 0 Å². The van der Waals surface area contributed by atoms with Crippen molar-refractivity contribution in [2.24, 2.45) is 0 Å². The zero-order valence-corrected chi connectivity index (χ0v) is 12.5. The van der Waals surface area contributed by atoms with E-state index >= 15 is 0 Å². The van der Waals surface area contributed by atoms with E-state index in [4.69, 9.17) is 0 Å². The first kappa shape index (κ1) is 15.3. The molecule has 0 spiro atoms. The van der Waals surface area contributed by atoms with E-state index in [2.05, 4.69) is 22.4 Å². The van der Waals surface area contributed by atoms with Gasteiger partial charge in [0.05, 0.1) is 0 Å². The number of hydrogen-bond donors (Lipinski definition) is 1. The number of carbonyl (C=O) groups excluding carboxylic acids is 1. The Morgan fingerprint density at radius 3 is 2.81 bits per heavy atom. The maximum atomic E-state index is 12.7. The summed E-state index contributed by atoms with van der Waals surface area (Å²) in [5.74, 6) is -0.581. The summed E-state index contributed by atoms with van der Waals surface area (Å²) in [6.45, 7) is 2.12. The van der Waals surface area contributed by atoms with Gasteiger partial charge in [0, 0.05) is 12.5 Å². The SMILES string of the molecule is CCCCc1nnc(NC(=O)/C=C/c2ccc(F)cc2)s1. The summed E-state index contributed by atoms with van der Waals surface area (Å²) in [5, 5.41) is 12.0. The molecule has 0 saturated heterocycles. The number of hydrogen-bond acceptors (Lipinski definition) is 4. The Hall–Kier alpha value is -2.08. The van der Waals surface area contributed by atoms with Gasteiger partial charge in [-0.2, -0.15) is 0 Å². The summed E-state index contributed by atoms with van der Waals surface area (Å²) in [6, 6.07) is 5.91. The summed E-state index contributed by atoms with van der Waals surface area (Å²) in [6.07, 6.45) is 6.05. The molecule has 0 unspecified atom stereocenters. The molecule has 1 N–H and O–H groups in total. The van der Waals surface area contributed by atoms with Crippen molar-refractivity contribution >= 4 is 28.5 Å². The van der Waals surface area contributed by atoms with Crippen LogP contribution in [0.5, 0.6) is 0 Å². The Labute approximate surface area is 126 Å². The summed E-state index contributed by atoms with van der Waals surface area (Å²) < 4.78 is 12.7. The Bertz CT molecular complexity index is 622. The van der Waals surface area contributed by atoms with E-state index in [1.165, 1.54) is 29.5 Å². The van der Waals surface area contributed by atoms with Crippen LogP contribution in [0, 0.1) is 5.82 Å². The Balaban J connectivity index is 1.89. The van der Waals surface area contributed by atoms with Crippen molar-refractivity contribution < 1.29 is 9.18 Å². The topological polar surface area (TPSA) is 54.9 Å². The first-order chi connectivity index (χ1) is 10.2. The van der Waals surface area contributed by atoms with Crippen LogP contribution in [0.4, 0.5) is 9.52 Å². The minimum absolute atomic E-state index is 0.280. The first-order valence-electron chi connectivity index (χ1n) is 6.74. The largest absolute Gasteiger partial charge is 0.297 e. The van der Waals surface area contributed by atoms with Crippen LogP contribution in [-0.2, 0) is 11.2 Å². The standard InChI is InChI=1S/C15H16FN3OS/c1-2-3-4-14-18-19-15(21-14)17-13(20)10-7-11-5-8-12(16)9-6-11/h5-10H,2-4H2,1H3,(H,17,19,20)/b10-7+. The quantitative estimate of drug-likeness (QED) is 0.828. The summed E-state index contributed by atoms with van der Waals surface area (Å²) in [5.41, 5.74) is 0.757. The second-order valence-corrected chi connectivity index (χ2v) is 5.54. The number of unbranched alkanes of at least 4 members (excludes halogenated alkanes) is 1. The molecule has 0 saturated carbocycles. The normalized spacial score (nSPS) is 11.0. The van der Waals surface area contributed by atoms with Crippen LogP contribution in [0.2, 0.25) is 0 Å². The molecule has 110 valence electrons. The van der Waals surface area contributed by atoms with Gasteiger partial charge in [0.1, 0.15) is 10.8 Å². The number of aryl methyl sites for hydroxylation is 1. The molecule has 0 aliphatic heterocycles. The van der Waals surface area contributed by atoms with Gasteiger partial charge in [0.15, 0.2) is 0 Å². The van der Waals surface area contributed by atoms with Crippen LogP contribution >= 0.6 is 11.3 Å². The lowest BCUT2D eigenvalue weighted by Crippen LogP contribution is -2.07. The van der Waals surface area contributed by atoms with Gasteiger partial charge in [-0.25, -0.2) is 4.39 Å². The van der Waals surface area contributed by atoms with Crippen molar-refractivity contribution in [2.45, 2.75) is 26.2 Å². The molecule has 4 nitrogen and oxygen atoms in total. The van der Waals surface area contributed by atoms with Crippen molar-refractivity contribution in [1.82, 2.24) is 10.2 Å². The molecule has 0 bridgehead atoms. The minimum Gasteiger partial charge on any atom is -0.297 e. The highest BCUT2D eigenvalue weighted by Gasteiger charge is 2.05. The van der Waals surface area contributed by atoms with Crippen molar-refractivity contribution in [1.29, 1.82) is 0 Å². The second kappa shape index (κ2) is 7.64. The maximum Gasteiger partial charge on any atom is 0.250 e. The molecule has 1 heterocycles. The van der Waals surface area contributed by atoms with Crippen molar-refractivity contribution in [3.8, 4) is 0 Å². The number of benzene rings is 1.